The first-order valence-corrected chi connectivity index (χ1v) is 9.99. The van der Waals surface area contributed by atoms with Crippen LogP contribution in [-0.4, -0.2) is 20.6 Å². The van der Waals surface area contributed by atoms with Gasteiger partial charge in [0.05, 0.1) is 11.4 Å². The van der Waals surface area contributed by atoms with E-state index in [1.165, 1.54) is 37.0 Å². The first kappa shape index (κ1) is 17.2. The van der Waals surface area contributed by atoms with Crippen molar-refractivity contribution in [3.8, 4) is 0 Å². The van der Waals surface area contributed by atoms with Gasteiger partial charge >= 0.3 is 0 Å². The molecule has 4 nitrogen and oxygen atoms in total. The van der Waals surface area contributed by atoms with Gasteiger partial charge in [-0.25, -0.2) is 0 Å². The number of hydrogen-bond acceptors (Lipinski definition) is 3. The number of rotatable bonds is 4. The Bertz CT molecular complexity index is 835. The second-order valence-electron chi connectivity index (χ2n) is 6.94. The summed E-state index contributed by atoms with van der Waals surface area (Å²) in [6.07, 6.45) is 12.4. The largest absolute Gasteiger partial charge is 0.351 e. The highest BCUT2D eigenvalue weighted by atomic mass is 32.2. The van der Waals surface area contributed by atoms with Crippen LogP contribution < -0.4 is 0 Å². The average Bonchev–Trinajstić information content (AvgIpc) is 3.24. The van der Waals surface area contributed by atoms with E-state index in [1.54, 1.807) is 0 Å². The lowest BCUT2D eigenvalue weighted by Gasteiger charge is -2.23. The normalized spacial score (nSPS) is 20.3. The molecule has 2 aliphatic rings. The van der Waals surface area contributed by atoms with E-state index in [0.717, 1.165) is 22.9 Å². The number of amides is 2. The van der Waals surface area contributed by atoms with Crippen LogP contribution in [0.4, 0.5) is 4.79 Å². The number of aromatic nitrogens is 1. The van der Waals surface area contributed by atoms with Crippen molar-refractivity contribution in [3.63, 3.8) is 0 Å². The summed E-state index contributed by atoms with van der Waals surface area (Å²) in [4.78, 5) is 26.7. The van der Waals surface area contributed by atoms with Gasteiger partial charge in [-0.3, -0.25) is 14.5 Å². The summed E-state index contributed by atoms with van der Waals surface area (Å²) in [5.74, 6) is -0.200. The van der Waals surface area contributed by atoms with E-state index in [-0.39, 0.29) is 11.1 Å². The molecule has 0 unspecified atom stereocenters. The Hall–Kier alpha value is -2.27. The van der Waals surface area contributed by atoms with Gasteiger partial charge in [-0.2, -0.15) is 0 Å². The highest BCUT2D eigenvalue weighted by Gasteiger charge is 2.35. The molecule has 2 aromatic rings. The van der Waals surface area contributed by atoms with Crippen LogP contribution in [-0.2, 0) is 11.3 Å². The first-order valence-electron chi connectivity index (χ1n) is 9.17. The fraction of sp³-hybridized carbons (Fsp3) is 0.333. The summed E-state index contributed by atoms with van der Waals surface area (Å²) in [6.45, 7) is 0.325. The Morgan fingerprint density at radius 3 is 2.58 bits per heavy atom. The zero-order valence-electron chi connectivity index (χ0n) is 14.6. The predicted molar refractivity (Wildman–Crippen MR) is 105 cm³/mol. The molecule has 1 aliphatic carbocycles. The van der Waals surface area contributed by atoms with Crippen LogP contribution >= 0.6 is 11.8 Å². The standard InChI is InChI=1S/C21H22N2O2S/c24-20-19(26-21(25)23(20)15-16-7-3-1-4-8-16)13-17-11-12-22(14-17)18-9-5-2-6-10-18/h1,3-4,7-8,11-14,18H,2,5-6,9-10,15H2/b19-13+. The number of carbonyl (C=O) groups is 2. The summed E-state index contributed by atoms with van der Waals surface area (Å²) in [6, 6.07) is 12.2. The molecule has 0 N–H and O–H groups in total. The van der Waals surface area contributed by atoms with Crippen LogP contribution in [0.25, 0.3) is 6.08 Å². The molecule has 0 radical (unpaired) electrons. The third kappa shape index (κ3) is 3.63. The van der Waals surface area contributed by atoms with Crippen molar-refractivity contribution in [2.75, 3.05) is 0 Å². The van der Waals surface area contributed by atoms with Crippen LogP contribution in [0, 0.1) is 0 Å². The second kappa shape index (κ2) is 7.54. The lowest BCUT2D eigenvalue weighted by atomic mass is 9.95. The molecule has 134 valence electrons. The minimum atomic E-state index is -0.200. The van der Waals surface area contributed by atoms with E-state index >= 15 is 0 Å². The van der Waals surface area contributed by atoms with Gasteiger partial charge < -0.3 is 4.57 Å². The molecule has 5 heteroatoms. The van der Waals surface area contributed by atoms with Gasteiger partial charge in [-0.05, 0) is 47.9 Å². The van der Waals surface area contributed by atoms with Gasteiger partial charge in [0.1, 0.15) is 0 Å². The second-order valence-corrected chi connectivity index (χ2v) is 7.93. The molecule has 26 heavy (non-hydrogen) atoms. The highest BCUT2D eigenvalue weighted by molar-refractivity contribution is 8.18. The van der Waals surface area contributed by atoms with Crippen LogP contribution in [0.3, 0.4) is 0 Å². The van der Waals surface area contributed by atoms with E-state index < -0.39 is 0 Å². The van der Waals surface area contributed by atoms with Gasteiger partial charge in [0.25, 0.3) is 11.1 Å². The van der Waals surface area contributed by atoms with Crippen molar-refractivity contribution >= 4 is 29.0 Å². The van der Waals surface area contributed by atoms with Crippen LogP contribution in [0.2, 0.25) is 0 Å². The van der Waals surface area contributed by atoms with Crippen molar-refractivity contribution in [2.24, 2.45) is 0 Å². The Kier molecular flexibility index (Phi) is 4.98. The van der Waals surface area contributed by atoms with E-state index in [0.29, 0.717) is 17.5 Å². The summed E-state index contributed by atoms with van der Waals surface area (Å²) in [7, 11) is 0. The number of imide groups is 1. The SMILES string of the molecule is O=C1S/C(=C/c2ccn(C3CCCCC3)c2)C(=O)N1Cc1ccccc1. The van der Waals surface area contributed by atoms with Gasteiger partial charge in [0, 0.05) is 18.4 Å². The maximum atomic E-state index is 12.6. The summed E-state index contributed by atoms with van der Waals surface area (Å²) < 4.78 is 2.26. The summed E-state index contributed by atoms with van der Waals surface area (Å²) in [5.41, 5.74) is 1.94. The number of hydrogen-bond donors (Lipinski definition) is 0. The lowest BCUT2D eigenvalue weighted by molar-refractivity contribution is -0.123. The first-order chi connectivity index (χ1) is 12.7. The predicted octanol–water partition coefficient (Wildman–Crippen LogP) is 5.23. The topological polar surface area (TPSA) is 42.3 Å². The molecule has 1 aliphatic heterocycles. The van der Waals surface area contributed by atoms with E-state index in [4.69, 9.17) is 0 Å². The number of carbonyl (C=O) groups excluding carboxylic acids is 2. The van der Waals surface area contributed by atoms with E-state index in [2.05, 4.69) is 17.0 Å². The third-order valence-corrected chi connectivity index (χ3v) is 6.00. The molecule has 0 bridgehead atoms. The molecule has 1 saturated carbocycles. The zero-order valence-corrected chi connectivity index (χ0v) is 15.5. The van der Waals surface area contributed by atoms with Gasteiger partial charge in [-0.15, -0.1) is 0 Å². The van der Waals surface area contributed by atoms with Crippen LogP contribution in [0.1, 0.15) is 49.3 Å². The number of benzene rings is 1. The quantitative estimate of drug-likeness (QED) is 0.696. The van der Waals surface area contributed by atoms with Gasteiger partial charge in [0.15, 0.2) is 0 Å². The lowest BCUT2D eigenvalue weighted by Crippen LogP contribution is -2.27. The maximum absolute atomic E-state index is 12.6. The molecule has 0 atom stereocenters. The molecule has 1 aromatic carbocycles. The maximum Gasteiger partial charge on any atom is 0.293 e. The Morgan fingerprint density at radius 2 is 1.81 bits per heavy atom. The van der Waals surface area contributed by atoms with Crippen molar-refractivity contribution in [3.05, 3.63) is 64.8 Å². The number of thioether (sulfide) groups is 1. The van der Waals surface area contributed by atoms with E-state index in [1.807, 2.05) is 42.5 Å². The fourth-order valence-electron chi connectivity index (χ4n) is 3.68. The third-order valence-electron chi connectivity index (χ3n) is 5.09. The van der Waals surface area contributed by atoms with Gasteiger partial charge in [-0.1, -0.05) is 49.6 Å². The Morgan fingerprint density at radius 1 is 1.04 bits per heavy atom. The molecule has 1 aromatic heterocycles. The Labute approximate surface area is 157 Å². The van der Waals surface area contributed by atoms with Crippen LogP contribution in [0.15, 0.2) is 53.7 Å². The molecule has 2 fully saturated rings. The van der Waals surface area contributed by atoms with Crippen molar-refractivity contribution in [2.45, 2.75) is 44.7 Å². The molecule has 4 rings (SSSR count). The molecular weight excluding hydrogens is 344 g/mol. The minimum Gasteiger partial charge on any atom is -0.351 e. The summed E-state index contributed by atoms with van der Waals surface area (Å²) in [5, 5.41) is -0.197. The van der Waals surface area contributed by atoms with E-state index in [9.17, 15) is 9.59 Å². The van der Waals surface area contributed by atoms with Gasteiger partial charge in [0.2, 0.25) is 0 Å². The smallest absolute Gasteiger partial charge is 0.293 e. The Balaban J connectivity index is 1.48. The summed E-state index contributed by atoms with van der Waals surface area (Å²) >= 11 is 1.03. The van der Waals surface area contributed by atoms with Crippen molar-refractivity contribution in [1.29, 1.82) is 0 Å². The highest BCUT2D eigenvalue weighted by Crippen LogP contribution is 2.34. The van der Waals surface area contributed by atoms with Crippen molar-refractivity contribution in [1.82, 2.24) is 9.47 Å². The minimum absolute atomic E-state index is 0.197. The zero-order chi connectivity index (χ0) is 17.9. The molecule has 2 heterocycles. The van der Waals surface area contributed by atoms with Crippen LogP contribution in [0.5, 0.6) is 0 Å². The molecule has 0 spiro atoms. The average molecular weight is 366 g/mol. The van der Waals surface area contributed by atoms with Crippen molar-refractivity contribution < 1.29 is 9.59 Å². The molecular formula is C21H22N2O2S. The molecule has 1 saturated heterocycles. The number of nitrogens with zero attached hydrogens (tertiary/aromatic N) is 2. The fourth-order valence-corrected chi connectivity index (χ4v) is 4.51. The molecule has 2 amide bonds. The monoisotopic (exact) mass is 366 g/mol.